The third-order valence-electron chi connectivity index (χ3n) is 3.43. The van der Waals surface area contributed by atoms with E-state index in [0.29, 0.717) is 5.69 Å². The zero-order valence-electron chi connectivity index (χ0n) is 14.5. The Bertz CT molecular complexity index is 900. The molecule has 0 aliphatic rings. The number of aryl methyl sites for hydroxylation is 3. The quantitative estimate of drug-likeness (QED) is 0.686. The van der Waals surface area contributed by atoms with Crippen LogP contribution in [0.1, 0.15) is 17.0 Å². The largest absolute Gasteiger partial charge is 0.455 e. The van der Waals surface area contributed by atoms with Crippen molar-refractivity contribution in [1.29, 1.82) is 0 Å². The third-order valence-corrected chi connectivity index (χ3v) is 5.07. The maximum Gasteiger partial charge on any atom is 0.321 e. The average Bonchev–Trinajstić information content (AvgIpc) is 2.92. The first-order chi connectivity index (χ1) is 12.2. The van der Waals surface area contributed by atoms with E-state index in [2.05, 4.69) is 15.2 Å². The van der Waals surface area contributed by atoms with Crippen molar-refractivity contribution in [3.8, 4) is 0 Å². The van der Waals surface area contributed by atoms with Crippen LogP contribution in [0, 0.1) is 20.8 Å². The van der Waals surface area contributed by atoms with E-state index in [4.69, 9.17) is 9.26 Å². The number of hydrogen-bond donors (Lipinski definition) is 2. The van der Waals surface area contributed by atoms with E-state index < -0.39 is 35.1 Å². The van der Waals surface area contributed by atoms with Crippen molar-refractivity contribution in [2.75, 3.05) is 18.5 Å². The summed E-state index contributed by atoms with van der Waals surface area (Å²) in [5.74, 6) is -1.30. The van der Waals surface area contributed by atoms with E-state index in [1.165, 1.54) is 13.8 Å². The SMILES string of the molecule is Cc1ccccc1NC(=O)COC(=O)CNS(=O)(=O)c1c(C)noc1C. The minimum atomic E-state index is -3.97. The van der Waals surface area contributed by atoms with Crippen LogP contribution in [0.5, 0.6) is 0 Å². The molecule has 2 N–H and O–H groups in total. The lowest BCUT2D eigenvalue weighted by atomic mass is 10.2. The van der Waals surface area contributed by atoms with Gasteiger partial charge in [-0.1, -0.05) is 23.4 Å². The molecular weight excluding hydrogens is 362 g/mol. The molecule has 0 saturated carbocycles. The maximum absolute atomic E-state index is 12.2. The van der Waals surface area contributed by atoms with Crippen molar-refractivity contribution in [3.05, 3.63) is 41.3 Å². The number of aromatic nitrogens is 1. The number of carbonyl (C=O) groups is 2. The molecule has 26 heavy (non-hydrogen) atoms. The molecule has 0 bridgehead atoms. The lowest BCUT2D eigenvalue weighted by Crippen LogP contribution is -2.32. The summed E-state index contributed by atoms with van der Waals surface area (Å²) in [6.07, 6.45) is 0. The molecular formula is C16H19N3O6S. The molecule has 0 unspecified atom stereocenters. The van der Waals surface area contributed by atoms with Gasteiger partial charge in [-0.3, -0.25) is 9.59 Å². The summed E-state index contributed by atoms with van der Waals surface area (Å²) in [7, 11) is -3.97. The summed E-state index contributed by atoms with van der Waals surface area (Å²) in [5.41, 5.74) is 1.65. The normalized spacial score (nSPS) is 11.2. The number of rotatable bonds is 7. The number of nitrogens with zero attached hydrogens (tertiary/aromatic N) is 1. The number of esters is 1. The molecule has 1 aromatic carbocycles. The Morgan fingerprint density at radius 3 is 2.50 bits per heavy atom. The molecule has 2 aromatic rings. The molecule has 0 radical (unpaired) electrons. The average molecular weight is 381 g/mol. The van der Waals surface area contributed by atoms with Gasteiger partial charge >= 0.3 is 5.97 Å². The number of anilines is 1. The van der Waals surface area contributed by atoms with Gasteiger partial charge in [0.15, 0.2) is 12.4 Å². The van der Waals surface area contributed by atoms with Gasteiger partial charge in [0, 0.05) is 5.69 Å². The van der Waals surface area contributed by atoms with Crippen LogP contribution in [0.15, 0.2) is 33.7 Å². The summed E-state index contributed by atoms with van der Waals surface area (Å²) in [6, 6.07) is 7.13. The van der Waals surface area contributed by atoms with Crippen LogP contribution in [-0.4, -0.2) is 38.6 Å². The lowest BCUT2D eigenvalue weighted by molar-refractivity contribution is -0.146. The first kappa shape index (κ1) is 19.6. The Hall–Kier alpha value is -2.72. The molecule has 0 aliphatic carbocycles. The second kappa shape index (κ2) is 8.11. The van der Waals surface area contributed by atoms with Crippen molar-refractivity contribution < 1.29 is 27.3 Å². The highest BCUT2D eigenvalue weighted by atomic mass is 32.2. The minimum Gasteiger partial charge on any atom is -0.455 e. The van der Waals surface area contributed by atoms with Gasteiger partial charge in [-0.2, -0.15) is 4.72 Å². The Labute approximate surface area is 150 Å². The van der Waals surface area contributed by atoms with Crippen LogP contribution < -0.4 is 10.0 Å². The zero-order chi connectivity index (χ0) is 19.3. The van der Waals surface area contributed by atoms with Crippen LogP contribution in [0.25, 0.3) is 0 Å². The van der Waals surface area contributed by atoms with Crippen molar-refractivity contribution in [2.24, 2.45) is 0 Å². The first-order valence-electron chi connectivity index (χ1n) is 7.64. The highest BCUT2D eigenvalue weighted by Crippen LogP contribution is 2.18. The maximum atomic E-state index is 12.2. The van der Waals surface area contributed by atoms with Gasteiger partial charge in [0.2, 0.25) is 10.0 Å². The van der Waals surface area contributed by atoms with Gasteiger partial charge in [0.05, 0.1) is 0 Å². The molecule has 0 saturated heterocycles. The number of para-hydroxylation sites is 1. The summed E-state index contributed by atoms with van der Waals surface area (Å²) in [4.78, 5) is 23.4. The molecule has 0 fully saturated rings. The smallest absolute Gasteiger partial charge is 0.321 e. The molecule has 0 atom stereocenters. The number of benzene rings is 1. The molecule has 1 amide bonds. The Morgan fingerprint density at radius 2 is 1.88 bits per heavy atom. The topological polar surface area (TPSA) is 128 Å². The first-order valence-corrected chi connectivity index (χ1v) is 9.12. The molecule has 140 valence electrons. The van der Waals surface area contributed by atoms with Gasteiger partial charge in [-0.15, -0.1) is 0 Å². The fraction of sp³-hybridized carbons (Fsp3) is 0.312. The second-order valence-corrected chi connectivity index (χ2v) is 7.21. The zero-order valence-corrected chi connectivity index (χ0v) is 15.3. The fourth-order valence-electron chi connectivity index (χ4n) is 2.18. The number of ether oxygens (including phenoxy) is 1. The van der Waals surface area contributed by atoms with Crippen molar-refractivity contribution >= 4 is 27.6 Å². The Morgan fingerprint density at radius 1 is 1.19 bits per heavy atom. The summed E-state index contributed by atoms with van der Waals surface area (Å²) in [5, 5.41) is 6.15. The fourth-order valence-corrected chi connectivity index (χ4v) is 3.47. The highest BCUT2D eigenvalue weighted by Gasteiger charge is 2.25. The number of sulfonamides is 1. The second-order valence-electron chi connectivity index (χ2n) is 5.50. The molecule has 0 aliphatic heterocycles. The van der Waals surface area contributed by atoms with Crippen LogP contribution in [0.2, 0.25) is 0 Å². The molecule has 9 nitrogen and oxygen atoms in total. The van der Waals surface area contributed by atoms with E-state index in [-0.39, 0.29) is 16.3 Å². The van der Waals surface area contributed by atoms with E-state index in [1.807, 2.05) is 19.1 Å². The van der Waals surface area contributed by atoms with Gasteiger partial charge < -0.3 is 14.6 Å². The standard InChI is InChI=1S/C16H19N3O6S/c1-10-6-4-5-7-13(10)18-14(20)9-24-15(21)8-17-26(22,23)16-11(2)19-25-12(16)3/h4-7,17H,8-9H2,1-3H3,(H,18,20). The molecule has 10 heteroatoms. The molecule has 2 rings (SSSR count). The van der Waals surface area contributed by atoms with Crippen LogP contribution in [-0.2, 0) is 24.3 Å². The predicted molar refractivity (Wildman–Crippen MR) is 91.9 cm³/mol. The van der Waals surface area contributed by atoms with Crippen LogP contribution >= 0.6 is 0 Å². The predicted octanol–water partition coefficient (Wildman–Crippen LogP) is 1.06. The van der Waals surface area contributed by atoms with Gasteiger partial charge in [-0.25, -0.2) is 8.42 Å². The number of amides is 1. The van der Waals surface area contributed by atoms with Crippen molar-refractivity contribution in [1.82, 2.24) is 9.88 Å². The van der Waals surface area contributed by atoms with Crippen molar-refractivity contribution in [2.45, 2.75) is 25.7 Å². The van der Waals surface area contributed by atoms with E-state index in [0.717, 1.165) is 5.56 Å². The Kier molecular flexibility index (Phi) is 6.11. The summed E-state index contributed by atoms with van der Waals surface area (Å²) < 4.78 is 36.0. The molecule has 1 heterocycles. The third kappa shape index (κ3) is 4.90. The van der Waals surface area contributed by atoms with Gasteiger partial charge in [0.1, 0.15) is 17.1 Å². The molecule has 0 spiro atoms. The number of carbonyl (C=O) groups excluding carboxylic acids is 2. The summed E-state index contributed by atoms with van der Waals surface area (Å²) in [6.45, 7) is 3.59. The van der Waals surface area contributed by atoms with Gasteiger partial charge in [0.25, 0.3) is 5.91 Å². The highest BCUT2D eigenvalue weighted by molar-refractivity contribution is 7.89. The van der Waals surface area contributed by atoms with E-state index in [1.54, 1.807) is 12.1 Å². The number of nitrogens with one attached hydrogen (secondary N) is 2. The monoisotopic (exact) mass is 381 g/mol. The van der Waals surface area contributed by atoms with Gasteiger partial charge in [-0.05, 0) is 32.4 Å². The van der Waals surface area contributed by atoms with Crippen LogP contribution in [0.3, 0.4) is 0 Å². The van der Waals surface area contributed by atoms with E-state index in [9.17, 15) is 18.0 Å². The summed E-state index contributed by atoms with van der Waals surface area (Å²) >= 11 is 0. The minimum absolute atomic E-state index is 0.112. The van der Waals surface area contributed by atoms with Crippen molar-refractivity contribution in [3.63, 3.8) is 0 Å². The number of hydrogen-bond acceptors (Lipinski definition) is 7. The Balaban J connectivity index is 1.84. The lowest BCUT2D eigenvalue weighted by Gasteiger charge is -2.09. The van der Waals surface area contributed by atoms with E-state index >= 15 is 0 Å². The molecule has 1 aromatic heterocycles. The van der Waals surface area contributed by atoms with Crippen LogP contribution in [0.4, 0.5) is 5.69 Å².